The van der Waals surface area contributed by atoms with Gasteiger partial charge in [-0.1, -0.05) is 24.3 Å². The van der Waals surface area contributed by atoms with E-state index in [0.29, 0.717) is 16.7 Å². The average Bonchev–Trinajstić information content (AvgIpc) is 2.91. The van der Waals surface area contributed by atoms with Crippen molar-refractivity contribution >= 4 is 28.8 Å². The molecule has 1 atom stereocenters. The van der Waals surface area contributed by atoms with Crippen molar-refractivity contribution in [3.05, 3.63) is 71.5 Å². The van der Waals surface area contributed by atoms with E-state index in [1.54, 1.807) is 30.3 Å². The highest BCUT2D eigenvalue weighted by Gasteiger charge is 2.42. The van der Waals surface area contributed by atoms with Crippen molar-refractivity contribution in [2.45, 2.75) is 12.5 Å². The molecule has 2 heterocycles. The van der Waals surface area contributed by atoms with Crippen molar-refractivity contribution in [2.24, 2.45) is 0 Å². The number of aromatic nitrogens is 2. The number of fused-ring (bicyclic) bond motifs is 2. The highest BCUT2D eigenvalue weighted by atomic mass is 16.4. The maximum atomic E-state index is 12.6. The zero-order valence-corrected chi connectivity index (χ0v) is 13.5. The van der Waals surface area contributed by atoms with E-state index in [1.165, 1.54) is 18.3 Å². The minimum absolute atomic E-state index is 0.112. The summed E-state index contributed by atoms with van der Waals surface area (Å²) in [5.74, 6) is -2.48. The molecule has 4 rings (SSSR count). The minimum atomic E-state index is -1.35. The third-order valence-electron chi connectivity index (χ3n) is 4.32. The van der Waals surface area contributed by atoms with Gasteiger partial charge in [0.15, 0.2) is 0 Å². The summed E-state index contributed by atoms with van der Waals surface area (Å²) in [6.07, 6.45) is 1.36. The predicted molar refractivity (Wildman–Crippen MR) is 91.6 cm³/mol. The van der Waals surface area contributed by atoms with E-state index >= 15 is 0 Å². The van der Waals surface area contributed by atoms with Crippen LogP contribution in [-0.2, 0) is 11.2 Å². The van der Waals surface area contributed by atoms with Gasteiger partial charge < -0.3 is 5.11 Å². The van der Waals surface area contributed by atoms with Gasteiger partial charge in [-0.15, -0.1) is 0 Å². The standard InChI is InChI=1S/C19H13N3O4/c23-17-12-5-1-2-6-13(12)18(24)22(17)16(19(25)26)9-11-10-20-14-7-3-4-8-15(14)21-11/h1-8,10,16H,9H2,(H,25,26). The first kappa shape index (κ1) is 15.9. The summed E-state index contributed by atoms with van der Waals surface area (Å²) in [6, 6.07) is 12.2. The molecule has 2 amide bonds. The smallest absolute Gasteiger partial charge is 0.327 e. The lowest BCUT2D eigenvalue weighted by atomic mass is 10.1. The van der Waals surface area contributed by atoms with Crippen LogP contribution < -0.4 is 0 Å². The second-order valence-electron chi connectivity index (χ2n) is 5.93. The number of carboxylic acids is 1. The highest BCUT2D eigenvalue weighted by Crippen LogP contribution is 2.26. The number of aliphatic carboxylic acids is 1. The van der Waals surface area contributed by atoms with Crippen molar-refractivity contribution in [3.63, 3.8) is 0 Å². The molecule has 0 fully saturated rings. The topological polar surface area (TPSA) is 100 Å². The van der Waals surface area contributed by atoms with Crippen molar-refractivity contribution in [1.29, 1.82) is 0 Å². The summed E-state index contributed by atoms with van der Waals surface area (Å²) >= 11 is 0. The fourth-order valence-corrected chi connectivity index (χ4v) is 3.07. The number of imide groups is 1. The molecular weight excluding hydrogens is 334 g/mol. The van der Waals surface area contributed by atoms with E-state index < -0.39 is 23.8 Å². The molecule has 26 heavy (non-hydrogen) atoms. The molecule has 0 bridgehead atoms. The number of amides is 2. The van der Waals surface area contributed by atoms with Gasteiger partial charge in [-0.25, -0.2) is 9.78 Å². The molecule has 0 saturated heterocycles. The van der Waals surface area contributed by atoms with Crippen LogP contribution in [0.3, 0.4) is 0 Å². The maximum Gasteiger partial charge on any atom is 0.327 e. The molecule has 1 N–H and O–H groups in total. The molecule has 0 spiro atoms. The van der Waals surface area contributed by atoms with Crippen LogP contribution in [0, 0.1) is 0 Å². The number of para-hydroxylation sites is 2. The molecule has 1 aromatic heterocycles. The number of carbonyl (C=O) groups excluding carboxylic acids is 2. The normalized spacial score (nSPS) is 14.5. The summed E-state index contributed by atoms with van der Waals surface area (Å²) in [6.45, 7) is 0. The van der Waals surface area contributed by atoms with Crippen LogP contribution in [0.4, 0.5) is 0 Å². The van der Waals surface area contributed by atoms with Crippen molar-refractivity contribution in [2.75, 3.05) is 0 Å². The molecule has 1 unspecified atom stereocenters. The molecule has 2 aromatic carbocycles. The van der Waals surface area contributed by atoms with Gasteiger partial charge >= 0.3 is 5.97 Å². The van der Waals surface area contributed by atoms with Crippen LogP contribution >= 0.6 is 0 Å². The third-order valence-corrected chi connectivity index (χ3v) is 4.32. The van der Waals surface area contributed by atoms with Gasteiger partial charge in [-0.3, -0.25) is 19.5 Å². The van der Waals surface area contributed by atoms with E-state index in [1.807, 2.05) is 6.07 Å². The Hall–Kier alpha value is -3.61. The Morgan fingerprint density at radius 3 is 2.15 bits per heavy atom. The Bertz CT molecular complexity index is 1030. The largest absolute Gasteiger partial charge is 0.480 e. The van der Waals surface area contributed by atoms with Crippen LogP contribution in [0.25, 0.3) is 11.0 Å². The monoisotopic (exact) mass is 347 g/mol. The Morgan fingerprint density at radius 1 is 0.962 bits per heavy atom. The van der Waals surface area contributed by atoms with Gasteiger partial charge in [0.2, 0.25) is 0 Å². The summed E-state index contributed by atoms with van der Waals surface area (Å²) < 4.78 is 0. The van der Waals surface area contributed by atoms with Gasteiger partial charge in [-0.05, 0) is 24.3 Å². The van der Waals surface area contributed by atoms with Crippen LogP contribution in [0.15, 0.2) is 54.7 Å². The van der Waals surface area contributed by atoms with E-state index in [0.717, 1.165) is 4.90 Å². The van der Waals surface area contributed by atoms with Crippen molar-refractivity contribution < 1.29 is 19.5 Å². The third kappa shape index (κ3) is 2.50. The first-order chi connectivity index (χ1) is 12.6. The van der Waals surface area contributed by atoms with E-state index in [2.05, 4.69) is 9.97 Å². The SMILES string of the molecule is O=C(O)C(Cc1cnc2ccccc2n1)N1C(=O)c2ccccc2C1=O. The number of rotatable bonds is 4. The lowest BCUT2D eigenvalue weighted by Crippen LogP contribution is -2.46. The van der Waals surface area contributed by atoms with E-state index in [-0.39, 0.29) is 17.5 Å². The molecule has 7 heteroatoms. The first-order valence-corrected chi connectivity index (χ1v) is 7.96. The Labute approximate surface area is 147 Å². The predicted octanol–water partition coefficient (Wildman–Crippen LogP) is 1.92. The summed E-state index contributed by atoms with van der Waals surface area (Å²) in [5.41, 5.74) is 2.13. The maximum absolute atomic E-state index is 12.6. The molecular formula is C19H13N3O4. The lowest BCUT2D eigenvalue weighted by Gasteiger charge is -2.22. The van der Waals surface area contributed by atoms with Gasteiger partial charge in [0.25, 0.3) is 11.8 Å². The van der Waals surface area contributed by atoms with Crippen LogP contribution in [0.1, 0.15) is 26.4 Å². The number of hydrogen-bond donors (Lipinski definition) is 1. The van der Waals surface area contributed by atoms with Crippen LogP contribution in [-0.4, -0.2) is 43.8 Å². The van der Waals surface area contributed by atoms with Gasteiger partial charge in [-0.2, -0.15) is 0 Å². The number of carbonyl (C=O) groups is 3. The lowest BCUT2D eigenvalue weighted by molar-refractivity contribution is -0.141. The fourth-order valence-electron chi connectivity index (χ4n) is 3.07. The van der Waals surface area contributed by atoms with Gasteiger partial charge in [0.05, 0.1) is 27.9 Å². The molecule has 1 aliphatic heterocycles. The van der Waals surface area contributed by atoms with E-state index in [9.17, 15) is 19.5 Å². The van der Waals surface area contributed by atoms with Crippen LogP contribution in [0.5, 0.6) is 0 Å². The van der Waals surface area contributed by atoms with Crippen LogP contribution in [0.2, 0.25) is 0 Å². The summed E-state index contributed by atoms with van der Waals surface area (Å²) in [4.78, 5) is 46.4. The minimum Gasteiger partial charge on any atom is -0.480 e. The average molecular weight is 347 g/mol. The molecule has 3 aromatic rings. The summed E-state index contributed by atoms with van der Waals surface area (Å²) in [5, 5.41) is 9.63. The second kappa shape index (κ2) is 6.03. The second-order valence-corrected chi connectivity index (χ2v) is 5.93. The molecule has 0 aliphatic carbocycles. The highest BCUT2D eigenvalue weighted by molar-refractivity contribution is 6.22. The molecule has 0 saturated carbocycles. The first-order valence-electron chi connectivity index (χ1n) is 7.96. The Kier molecular flexibility index (Phi) is 3.69. The molecule has 0 radical (unpaired) electrons. The Balaban J connectivity index is 1.69. The quantitative estimate of drug-likeness (QED) is 0.724. The number of nitrogens with zero attached hydrogens (tertiary/aromatic N) is 3. The zero-order chi connectivity index (χ0) is 18.3. The van der Waals surface area contributed by atoms with Crippen molar-refractivity contribution in [1.82, 2.24) is 14.9 Å². The molecule has 7 nitrogen and oxygen atoms in total. The number of carboxylic acid groups (broad SMARTS) is 1. The van der Waals surface area contributed by atoms with Crippen molar-refractivity contribution in [3.8, 4) is 0 Å². The number of benzene rings is 2. The van der Waals surface area contributed by atoms with Gasteiger partial charge in [0, 0.05) is 12.6 Å². The molecule has 128 valence electrons. The fraction of sp³-hybridized carbons (Fsp3) is 0.105. The van der Waals surface area contributed by atoms with Gasteiger partial charge in [0.1, 0.15) is 6.04 Å². The summed E-state index contributed by atoms with van der Waals surface area (Å²) in [7, 11) is 0. The molecule has 1 aliphatic rings. The number of hydrogen-bond acceptors (Lipinski definition) is 5. The Morgan fingerprint density at radius 2 is 1.54 bits per heavy atom. The van der Waals surface area contributed by atoms with E-state index in [4.69, 9.17) is 0 Å². The zero-order valence-electron chi connectivity index (χ0n) is 13.5.